The fraction of sp³-hybridized carbons (Fsp3) is 0.231. The predicted molar refractivity (Wildman–Crippen MR) is 134 cm³/mol. The van der Waals surface area contributed by atoms with E-state index in [1.165, 1.54) is 7.11 Å². The second-order valence-electron chi connectivity index (χ2n) is 7.44. The standard InChI is InChI=1S/C26H26BrFN2O4/c1-3-34-23(31)13-14-29-26(32)30-21-10-7-17(8-11-21)15-19-9-12-22(33-2)24(25(19)28)18-5-4-6-20(27)16-18/h4-12,16H,3,13-15H2,1-2H3,(H2,29,30,32). The second kappa shape index (κ2) is 12.2. The molecule has 0 radical (unpaired) electrons. The Morgan fingerprint density at radius 3 is 2.50 bits per heavy atom. The third-order valence-corrected chi connectivity index (χ3v) is 5.54. The molecule has 3 rings (SSSR count). The van der Waals surface area contributed by atoms with Gasteiger partial charge in [0.15, 0.2) is 0 Å². The summed E-state index contributed by atoms with van der Waals surface area (Å²) in [6, 6.07) is 17.6. The highest BCUT2D eigenvalue weighted by molar-refractivity contribution is 9.10. The number of benzene rings is 3. The van der Waals surface area contributed by atoms with Crippen molar-refractivity contribution in [2.75, 3.05) is 25.6 Å². The number of nitrogens with one attached hydrogen (secondary N) is 2. The molecule has 6 nitrogen and oxygen atoms in total. The van der Waals surface area contributed by atoms with E-state index in [1.807, 2.05) is 36.4 Å². The quantitative estimate of drug-likeness (QED) is 0.337. The molecule has 3 aromatic rings. The number of hydrogen-bond donors (Lipinski definition) is 2. The van der Waals surface area contributed by atoms with Gasteiger partial charge in [-0.1, -0.05) is 46.3 Å². The molecule has 0 aliphatic rings. The fourth-order valence-corrected chi connectivity index (χ4v) is 3.83. The first kappa shape index (κ1) is 25.2. The lowest BCUT2D eigenvalue weighted by molar-refractivity contribution is -0.142. The zero-order chi connectivity index (χ0) is 24.5. The van der Waals surface area contributed by atoms with Gasteiger partial charge in [0.2, 0.25) is 0 Å². The zero-order valence-corrected chi connectivity index (χ0v) is 20.6. The van der Waals surface area contributed by atoms with Crippen LogP contribution in [-0.2, 0) is 16.0 Å². The molecule has 0 heterocycles. The molecule has 0 saturated heterocycles. The second-order valence-corrected chi connectivity index (χ2v) is 8.35. The van der Waals surface area contributed by atoms with Gasteiger partial charge in [-0.25, -0.2) is 9.18 Å². The summed E-state index contributed by atoms with van der Waals surface area (Å²) in [6.45, 7) is 2.22. The number of hydrogen-bond acceptors (Lipinski definition) is 4. The van der Waals surface area contributed by atoms with Crippen LogP contribution in [0.3, 0.4) is 0 Å². The fourth-order valence-electron chi connectivity index (χ4n) is 3.43. The SMILES string of the molecule is CCOC(=O)CCNC(=O)Nc1ccc(Cc2ccc(OC)c(-c3cccc(Br)c3)c2F)cc1. The largest absolute Gasteiger partial charge is 0.496 e. The smallest absolute Gasteiger partial charge is 0.319 e. The first-order valence-electron chi connectivity index (χ1n) is 10.8. The van der Waals surface area contributed by atoms with Gasteiger partial charge in [0.25, 0.3) is 0 Å². The average Bonchev–Trinajstić information content (AvgIpc) is 2.81. The van der Waals surface area contributed by atoms with Crippen LogP contribution in [0.15, 0.2) is 65.1 Å². The van der Waals surface area contributed by atoms with E-state index in [4.69, 9.17) is 9.47 Å². The number of methoxy groups -OCH3 is 1. The molecular weight excluding hydrogens is 503 g/mol. The lowest BCUT2D eigenvalue weighted by Gasteiger charge is -2.14. The molecule has 0 atom stereocenters. The number of carbonyl (C=O) groups is 2. The average molecular weight is 529 g/mol. The van der Waals surface area contributed by atoms with E-state index in [0.717, 1.165) is 15.6 Å². The van der Waals surface area contributed by atoms with Crippen molar-refractivity contribution in [3.63, 3.8) is 0 Å². The van der Waals surface area contributed by atoms with E-state index in [1.54, 1.807) is 31.2 Å². The minimum Gasteiger partial charge on any atom is -0.496 e. The molecule has 0 unspecified atom stereocenters. The van der Waals surface area contributed by atoms with Crippen LogP contribution in [0, 0.1) is 5.82 Å². The van der Waals surface area contributed by atoms with Gasteiger partial charge < -0.3 is 20.1 Å². The Morgan fingerprint density at radius 1 is 1.06 bits per heavy atom. The minimum atomic E-state index is -0.420. The van der Waals surface area contributed by atoms with Gasteiger partial charge >= 0.3 is 12.0 Å². The van der Waals surface area contributed by atoms with Crippen LogP contribution in [0.1, 0.15) is 24.5 Å². The van der Waals surface area contributed by atoms with Gasteiger partial charge in [0.1, 0.15) is 11.6 Å². The Labute approximate surface area is 206 Å². The van der Waals surface area contributed by atoms with Crippen molar-refractivity contribution in [1.29, 1.82) is 0 Å². The van der Waals surface area contributed by atoms with Gasteiger partial charge in [-0.15, -0.1) is 0 Å². The van der Waals surface area contributed by atoms with Crippen molar-refractivity contribution >= 4 is 33.6 Å². The topological polar surface area (TPSA) is 76.7 Å². The van der Waals surface area contributed by atoms with E-state index in [0.29, 0.717) is 35.6 Å². The van der Waals surface area contributed by atoms with Gasteiger partial charge in [-0.2, -0.15) is 0 Å². The predicted octanol–water partition coefficient (Wildman–Crippen LogP) is 5.93. The molecule has 3 aromatic carbocycles. The minimum absolute atomic E-state index is 0.107. The van der Waals surface area contributed by atoms with Crippen molar-refractivity contribution in [3.05, 3.63) is 82.1 Å². The number of carbonyl (C=O) groups excluding carboxylic acids is 2. The Bertz CT molecular complexity index is 1150. The Balaban J connectivity index is 1.67. The first-order chi connectivity index (χ1) is 16.4. The number of anilines is 1. The maximum absolute atomic E-state index is 15.5. The maximum atomic E-state index is 15.5. The molecule has 2 N–H and O–H groups in total. The maximum Gasteiger partial charge on any atom is 0.319 e. The third kappa shape index (κ3) is 6.81. The van der Waals surface area contributed by atoms with Crippen molar-refractivity contribution < 1.29 is 23.5 Å². The Morgan fingerprint density at radius 2 is 1.82 bits per heavy atom. The summed E-state index contributed by atoms with van der Waals surface area (Å²) in [7, 11) is 1.52. The first-order valence-corrected chi connectivity index (χ1v) is 11.6. The molecule has 2 amide bonds. The Hall–Kier alpha value is -3.39. The number of ether oxygens (including phenoxy) is 2. The van der Waals surface area contributed by atoms with Crippen molar-refractivity contribution in [3.8, 4) is 16.9 Å². The molecule has 0 aromatic heterocycles. The number of halogens is 2. The van der Waals surface area contributed by atoms with Crippen LogP contribution in [0.4, 0.5) is 14.9 Å². The van der Waals surface area contributed by atoms with Crippen LogP contribution in [0.2, 0.25) is 0 Å². The molecule has 0 bridgehead atoms. The normalized spacial score (nSPS) is 10.5. The number of esters is 1. The van der Waals surface area contributed by atoms with Crippen molar-refractivity contribution in [1.82, 2.24) is 5.32 Å². The van der Waals surface area contributed by atoms with Crippen LogP contribution in [0.5, 0.6) is 5.75 Å². The van der Waals surface area contributed by atoms with Crippen LogP contribution >= 0.6 is 15.9 Å². The molecule has 34 heavy (non-hydrogen) atoms. The molecule has 178 valence electrons. The highest BCUT2D eigenvalue weighted by atomic mass is 79.9. The van der Waals surface area contributed by atoms with E-state index < -0.39 is 6.03 Å². The summed E-state index contributed by atoms with van der Waals surface area (Å²) in [6.07, 6.45) is 0.485. The van der Waals surface area contributed by atoms with Crippen LogP contribution in [-0.4, -0.2) is 32.3 Å². The molecular formula is C26H26BrFN2O4. The molecule has 0 spiro atoms. The molecule has 0 fully saturated rings. The summed E-state index contributed by atoms with van der Waals surface area (Å²) in [5, 5.41) is 5.31. The number of rotatable bonds is 9. The van der Waals surface area contributed by atoms with Crippen molar-refractivity contribution in [2.24, 2.45) is 0 Å². The molecule has 0 saturated carbocycles. The summed E-state index contributed by atoms with van der Waals surface area (Å²) >= 11 is 3.43. The lowest BCUT2D eigenvalue weighted by Crippen LogP contribution is -2.30. The summed E-state index contributed by atoms with van der Waals surface area (Å²) in [5.74, 6) is -0.227. The van der Waals surface area contributed by atoms with Gasteiger partial charge in [-0.05, 0) is 53.9 Å². The van der Waals surface area contributed by atoms with Crippen molar-refractivity contribution in [2.45, 2.75) is 19.8 Å². The van der Waals surface area contributed by atoms with E-state index in [-0.39, 0.29) is 24.8 Å². The zero-order valence-electron chi connectivity index (χ0n) is 19.0. The molecule has 0 aliphatic carbocycles. The highest BCUT2D eigenvalue weighted by Crippen LogP contribution is 2.36. The molecule has 8 heteroatoms. The van der Waals surface area contributed by atoms with E-state index in [9.17, 15) is 9.59 Å². The van der Waals surface area contributed by atoms with Crippen LogP contribution in [0.25, 0.3) is 11.1 Å². The van der Waals surface area contributed by atoms with Gasteiger partial charge in [0, 0.05) is 23.1 Å². The van der Waals surface area contributed by atoms with Gasteiger partial charge in [0.05, 0.1) is 25.7 Å². The Kier molecular flexibility index (Phi) is 9.04. The molecule has 0 aliphatic heterocycles. The summed E-state index contributed by atoms with van der Waals surface area (Å²) in [4.78, 5) is 23.3. The monoisotopic (exact) mass is 528 g/mol. The number of urea groups is 1. The summed E-state index contributed by atoms with van der Waals surface area (Å²) in [5.41, 5.74) is 3.14. The van der Waals surface area contributed by atoms with E-state index >= 15 is 4.39 Å². The van der Waals surface area contributed by atoms with Gasteiger partial charge in [-0.3, -0.25) is 4.79 Å². The highest BCUT2D eigenvalue weighted by Gasteiger charge is 2.17. The third-order valence-electron chi connectivity index (χ3n) is 5.04. The summed E-state index contributed by atoms with van der Waals surface area (Å²) < 4.78 is 26.6. The number of amides is 2. The van der Waals surface area contributed by atoms with E-state index in [2.05, 4.69) is 26.6 Å². The van der Waals surface area contributed by atoms with Crippen LogP contribution < -0.4 is 15.4 Å². The lowest BCUT2D eigenvalue weighted by atomic mass is 9.97.